The minimum absolute atomic E-state index is 0. The van der Waals surface area contributed by atoms with Gasteiger partial charge >= 0.3 is 0 Å². The van der Waals surface area contributed by atoms with Crippen LogP contribution in [0.3, 0.4) is 0 Å². The van der Waals surface area contributed by atoms with Crippen molar-refractivity contribution in [3.63, 3.8) is 0 Å². The number of nitrogens with one attached hydrogen (secondary N) is 2. The molecule has 176 valence electrons. The molecule has 1 aliphatic carbocycles. The molecule has 0 aliphatic heterocycles. The first-order chi connectivity index (χ1) is 14.3. The van der Waals surface area contributed by atoms with Crippen LogP contribution in [0.2, 0.25) is 0 Å². The van der Waals surface area contributed by atoms with E-state index < -0.39 is 11.5 Å². The van der Waals surface area contributed by atoms with Crippen LogP contribution in [-0.2, 0) is 4.79 Å². The molecular formula is C23H39IN4O3. The molecule has 1 fully saturated rings. The van der Waals surface area contributed by atoms with E-state index >= 15 is 0 Å². The number of aliphatic hydroxyl groups excluding tert-OH is 1. The Morgan fingerprint density at radius 3 is 2.32 bits per heavy atom. The molecule has 1 aromatic rings. The van der Waals surface area contributed by atoms with Gasteiger partial charge in [0.25, 0.3) is 0 Å². The van der Waals surface area contributed by atoms with Crippen molar-refractivity contribution in [3.05, 3.63) is 29.8 Å². The molecule has 7 nitrogen and oxygen atoms in total. The third kappa shape index (κ3) is 8.14. The number of hydrogen-bond donors (Lipinski definition) is 3. The highest BCUT2D eigenvalue weighted by atomic mass is 127. The zero-order chi connectivity index (χ0) is 22.1. The van der Waals surface area contributed by atoms with Crippen molar-refractivity contribution in [2.24, 2.45) is 10.4 Å². The van der Waals surface area contributed by atoms with Gasteiger partial charge in [-0.1, -0.05) is 25.0 Å². The summed E-state index contributed by atoms with van der Waals surface area (Å²) >= 11 is 0. The molecule has 3 N–H and O–H groups in total. The fourth-order valence-electron chi connectivity index (χ4n) is 3.89. The summed E-state index contributed by atoms with van der Waals surface area (Å²) in [7, 11) is 3.62. The van der Waals surface area contributed by atoms with Crippen LogP contribution < -0.4 is 15.4 Å². The van der Waals surface area contributed by atoms with Gasteiger partial charge in [-0.25, -0.2) is 0 Å². The predicted molar refractivity (Wildman–Crippen MR) is 136 cm³/mol. The van der Waals surface area contributed by atoms with Gasteiger partial charge in [-0.15, -0.1) is 24.0 Å². The maximum atomic E-state index is 12.7. The van der Waals surface area contributed by atoms with Crippen molar-refractivity contribution in [1.82, 2.24) is 15.5 Å². The third-order valence-electron chi connectivity index (χ3n) is 5.40. The lowest BCUT2D eigenvalue weighted by Crippen LogP contribution is -2.43. The van der Waals surface area contributed by atoms with Crippen molar-refractivity contribution in [2.75, 3.05) is 33.7 Å². The van der Waals surface area contributed by atoms with E-state index in [-0.39, 0.29) is 36.0 Å². The average molecular weight is 546 g/mol. The maximum Gasteiger partial charge on any atom is 0.230 e. The minimum Gasteiger partial charge on any atom is -0.491 e. The maximum absolute atomic E-state index is 12.7. The highest BCUT2D eigenvalue weighted by Gasteiger charge is 2.42. The van der Waals surface area contributed by atoms with Crippen LogP contribution in [0, 0.1) is 5.41 Å². The number of benzene rings is 1. The minimum atomic E-state index is -0.675. The topological polar surface area (TPSA) is 86.2 Å². The first kappa shape index (κ1) is 27.5. The normalized spacial score (nSPS) is 16.4. The molecule has 1 aliphatic rings. The zero-order valence-corrected chi connectivity index (χ0v) is 21.8. The Kier molecular flexibility index (Phi) is 11.6. The monoisotopic (exact) mass is 546 g/mol. The van der Waals surface area contributed by atoms with Crippen LogP contribution in [0.5, 0.6) is 5.75 Å². The SMILES string of the molecule is CCNC(=NCC1(C(=O)N(C)C)CCCC1)NCC(O)c1ccc(OC(C)C)cc1.I. The number of halogens is 1. The van der Waals surface area contributed by atoms with Crippen molar-refractivity contribution >= 4 is 35.8 Å². The number of ether oxygens (including phenoxy) is 1. The van der Waals surface area contributed by atoms with Crippen LogP contribution in [0.4, 0.5) is 0 Å². The van der Waals surface area contributed by atoms with E-state index in [1.54, 1.807) is 4.90 Å². The quantitative estimate of drug-likeness (QED) is 0.252. The van der Waals surface area contributed by atoms with E-state index in [0.717, 1.165) is 37.0 Å². The van der Waals surface area contributed by atoms with Gasteiger partial charge in [-0.2, -0.15) is 0 Å². The lowest BCUT2D eigenvalue weighted by Gasteiger charge is -2.29. The molecule has 1 unspecified atom stereocenters. The largest absolute Gasteiger partial charge is 0.491 e. The lowest BCUT2D eigenvalue weighted by molar-refractivity contribution is -0.138. The van der Waals surface area contributed by atoms with Gasteiger partial charge in [0.2, 0.25) is 5.91 Å². The number of carbonyl (C=O) groups is 1. The highest BCUT2D eigenvalue weighted by Crippen LogP contribution is 2.39. The number of amides is 1. The second-order valence-corrected chi connectivity index (χ2v) is 8.51. The number of aliphatic imine (C=N–C) groups is 1. The van der Waals surface area contributed by atoms with E-state index in [1.807, 2.05) is 59.1 Å². The first-order valence-corrected chi connectivity index (χ1v) is 11.0. The Balaban J connectivity index is 0.00000480. The number of hydrogen-bond acceptors (Lipinski definition) is 4. The predicted octanol–water partition coefficient (Wildman–Crippen LogP) is 3.33. The number of guanidine groups is 1. The zero-order valence-electron chi connectivity index (χ0n) is 19.5. The Labute approximate surface area is 204 Å². The molecule has 0 aromatic heterocycles. The van der Waals surface area contributed by atoms with Crippen molar-refractivity contribution in [3.8, 4) is 5.75 Å². The van der Waals surface area contributed by atoms with Gasteiger partial charge in [-0.3, -0.25) is 9.79 Å². The Hall–Kier alpha value is -1.55. The summed E-state index contributed by atoms with van der Waals surface area (Å²) in [5, 5.41) is 17.0. The van der Waals surface area contributed by atoms with Gasteiger partial charge in [-0.05, 0) is 51.3 Å². The lowest BCUT2D eigenvalue weighted by atomic mass is 9.85. The van der Waals surface area contributed by atoms with Gasteiger partial charge in [0.15, 0.2) is 5.96 Å². The summed E-state index contributed by atoms with van der Waals surface area (Å²) in [5.74, 6) is 1.56. The molecule has 0 bridgehead atoms. The smallest absolute Gasteiger partial charge is 0.230 e. The van der Waals surface area contributed by atoms with E-state index in [4.69, 9.17) is 9.73 Å². The third-order valence-corrected chi connectivity index (χ3v) is 5.40. The molecule has 1 amide bonds. The summed E-state index contributed by atoms with van der Waals surface area (Å²) in [6.45, 7) is 7.45. The summed E-state index contributed by atoms with van der Waals surface area (Å²) in [4.78, 5) is 19.1. The Morgan fingerprint density at radius 1 is 1.19 bits per heavy atom. The second-order valence-electron chi connectivity index (χ2n) is 8.51. The van der Waals surface area contributed by atoms with Crippen LogP contribution in [0.25, 0.3) is 0 Å². The van der Waals surface area contributed by atoms with Gasteiger partial charge in [0, 0.05) is 27.2 Å². The van der Waals surface area contributed by atoms with E-state index in [2.05, 4.69) is 10.6 Å². The molecular weight excluding hydrogens is 507 g/mol. The van der Waals surface area contributed by atoms with Crippen LogP contribution in [-0.4, -0.2) is 61.7 Å². The Morgan fingerprint density at radius 2 is 1.81 bits per heavy atom. The summed E-state index contributed by atoms with van der Waals surface area (Å²) in [6, 6.07) is 7.48. The average Bonchev–Trinajstić information content (AvgIpc) is 3.19. The molecule has 1 aromatic carbocycles. The van der Waals surface area contributed by atoms with Gasteiger partial charge in [0.1, 0.15) is 5.75 Å². The van der Waals surface area contributed by atoms with Crippen LogP contribution in [0.15, 0.2) is 29.3 Å². The second kappa shape index (κ2) is 13.1. The van der Waals surface area contributed by atoms with Crippen LogP contribution >= 0.6 is 24.0 Å². The van der Waals surface area contributed by atoms with Gasteiger partial charge < -0.3 is 25.4 Å². The van der Waals surface area contributed by atoms with E-state index in [1.165, 1.54) is 0 Å². The van der Waals surface area contributed by atoms with E-state index in [9.17, 15) is 9.90 Å². The number of rotatable bonds is 9. The van der Waals surface area contributed by atoms with Crippen molar-refractivity contribution in [2.45, 2.75) is 58.7 Å². The number of nitrogens with zero attached hydrogens (tertiary/aromatic N) is 2. The molecule has 0 saturated heterocycles. The Bertz CT molecular complexity index is 701. The van der Waals surface area contributed by atoms with Gasteiger partial charge in [0.05, 0.1) is 24.2 Å². The fraction of sp³-hybridized carbons (Fsp3) is 0.652. The summed E-state index contributed by atoms with van der Waals surface area (Å²) in [6.07, 6.45) is 3.32. The molecule has 1 saturated carbocycles. The molecule has 0 heterocycles. The summed E-state index contributed by atoms with van der Waals surface area (Å²) in [5.41, 5.74) is 0.404. The fourth-order valence-corrected chi connectivity index (χ4v) is 3.89. The standard InChI is InChI=1S/C23H38N4O3.HI/c1-6-24-22(26-16-23(13-7-8-14-23)21(29)27(4)5)25-15-20(28)18-9-11-19(12-10-18)30-17(2)3;/h9-12,17,20,28H,6-8,13-16H2,1-5H3,(H2,24,25,26);1H. The van der Waals surface area contributed by atoms with Crippen LogP contribution in [0.1, 0.15) is 58.1 Å². The molecule has 1 atom stereocenters. The molecule has 31 heavy (non-hydrogen) atoms. The molecule has 0 spiro atoms. The highest BCUT2D eigenvalue weighted by molar-refractivity contribution is 14.0. The van der Waals surface area contributed by atoms with Crippen molar-refractivity contribution < 1.29 is 14.6 Å². The first-order valence-electron chi connectivity index (χ1n) is 11.0. The number of carbonyl (C=O) groups excluding carboxylic acids is 1. The van der Waals surface area contributed by atoms with Crippen molar-refractivity contribution in [1.29, 1.82) is 0 Å². The molecule has 8 heteroatoms. The molecule has 2 rings (SSSR count). The molecule has 0 radical (unpaired) electrons. The number of aliphatic hydroxyl groups is 1. The van der Waals surface area contributed by atoms with E-state index in [0.29, 0.717) is 25.6 Å². The summed E-state index contributed by atoms with van der Waals surface area (Å²) < 4.78 is 5.65.